The maximum absolute atomic E-state index is 11.9. The quantitative estimate of drug-likeness (QED) is 0.898. The Morgan fingerprint density at radius 1 is 1.28 bits per heavy atom. The van der Waals surface area contributed by atoms with E-state index >= 15 is 0 Å². The molecule has 0 spiro atoms. The van der Waals surface area contributed by atoms with Crippen molar-refractivity contribution in [1.82, 2.24) is 9.78 Å². The summed E-state index contributed by atoms with van der Waals surface area (Å²) in [5.74, 6) is 0.348. The summed E-state index contributed by atoms with van der Waals surface area (Å²) in [6, 6.07) is 11.3. The topological polar surface area (TPSA) is 60.9 Å². The molecule has 4 heteroatoms. The molecule has 0 aliphatic carbocycles. The molecule has 0 atom stereocenters. The Labute approximate surface area is 106 Å². The fraction of sp³-hybridized carbons (Fsp3) is 0.286. The second-order valence-corrected chi connectivity index (χ2v) is 4.73. The molecule has 0 saturated carbocycles. The van der Waals surface area contributed by atoms with Gasteiger partial charge in [0.25, 0.3) is 5.56 Å². The van der Waals surface area contributed by atoms with Gasteiger partial charge in [0.15, 0.2) is 0 Å². The number of nitrogens with zero attached hydrogens (tertiary/aromatic N) is 2. The fourth-order valence-corrected chi connectivity index (χ4v) is 1.78. The van der Waals surface area contributed by atoms with Gasteiger partial charge in [0, 0.05) is 12.1 Å². The van der Waals surface area contributed by atoms with Crippen LogP contribution in [0.3, 0.4) is 0 Å². The Bertz CT molecular complexity index is 588. The number of nitrogen functional groups attached to an aromatic ring is 1. The normalized spacial score (nSPS) is 10.8. The zero-order chi connectivity index (χ0) is 13.1. The molecule has 0 aliphatic rings. The Hall–Kier alpha value is -2.10. The largest absolute Gasteiger partial charge is 0.394 e. The summed E-state index contributed by atoms with van der Waals surface area (Å²) in [5, 5.41) is 4.37. The molecule has 0 saturated heterocycles. The summed E-state index contributed by atoms with van der Waals surface area (Å²) in [7, 11) is 0. The first kappa shape index (κ1) is 12.4. The maximum atomic E-state index is 11.9. The molecular weight excluding hydrogens is 226 g/mol. The molecule has 1 heterocycles. The molecule has 0 amide bonds. The van der Waals surface area contributed by atoms with Crippen molar-refractivity contribution in [3.8, 4) is 11.3 Å². The minimum absolute atomic E-state index is 0.219. The van der Waals surface area contributed by atoms with Crippen LogP contribution >= 0.6 is 0 Å². The Morgan fingerprint density at radius 3 is 2.56 bits per heavy atom. The highest BCUT2D eigenvalue weighted by Gasteiger charge is 2.08. The van der Waals surface area contributed by atoms with E-state index in [0.717, 1.165) is 11.3 Å². The van der Waals surface area contributed by atoms with Gasteiger partial charge in [0.05, 0.1) is 5.69 Å². The van der Waals surface area contributed by atoms with Crippen LogP contribution in [0.1, 0.15) is 13.8 Å². The summed E-state index contributed by atoms with van der Waals surface area (Å²) in [6.07, 6.45) is 0. The minimum atomic E-state index is -0.219. The van der Waals surface area contributed by atoms with Crippen LogP contribution in [0.2, 0.25) is 0 Å². The predicted octanol–water partition coefficient (Wildman–Crippen LogP) is 2.15. The van der Waals surface area contributed by atoms with Crippen molar-refractivity contribution in [2.45, 2.75) is 20.4 Å². The van der Waals surface area contributed by atoms with E-state index in [1.165, 1.54) is 4.68 Å². The number of aromatic nitrogens is 2. The van der Waals surface area contributed by atoms with Crippen LogP contribution < -0.4 is 11.3 Å². The summed E-state index contributed by atoms with van der Waals surface area (Å²) in [6.45, 7) is 4.66. The standard InChI is InChI=1S/C14H17N3O/c1-10(2)9-17-14(18)12(15)8-13(16-17)11-6-4-3-5-7-11/h3-8,10H,9,15H2,1-2H3. The third-order valence-corrected chi connectivity index (χ3v) is 2.61. The van der Waals surface area contributed by atoms with Crippen molar-refractivity contribution < 1.29 is 0 Å². The Morgan fingerprint density at radius 2 is 1.94 bits per heavy atom. The molecule has 2 N–H and O–H groups in total. The zero-order valence-electron chi connectivity index (χ0n) is 10.6. The smallest absolute Gasteiger partial charge is 0.289 e. The lowest BCUT2D eigenvalue weighted by atomic mass is 10.1. The van der Waals surface area contributed by atoms with Crippen molar-refractivity contribution in [3.05, 3.63) is 46.8 Å². The first-order chi connectivity index (χ1) is 8.58. The third-order valence-electron chi connectivity index (χ3n) is 2.61. The predicted molar refractivity (Wildman–Crippen MR) is 73.2 cm³/mol. The number of hydrogen-bond acceptors (Lipinski definition) is 3. The van der Waals surface area contributed by atoms with Crippen LogP contribution in [-0.2, 0) is 6.54 Å². The highest BCUT2D eigenvalue weighted by molar-refractivity contribution is 5.61. The number of benzene rings is 1. The van der Waals surface area contributed by atoms with E-state index in [4.69, 9.17) is 5.73 Å². The molecular formula is C14H17N3O. The maximum Gasteiger partial charge on any atom is 0.289 e. The van der Waals surface area contributed by atoms with Gasteiger partial charge in [-0.25, -0.2) is 4.68 Å². The van der Waals surface area contributed by atoms with Gasteiger partial charge in [0.1, 0.15) is 5.69 Å². The molecule has 2 aromatic rings. The van der Waals surface area contributed by atoms with Crippen LogP contribution in [0.4, 0.5) is 5.69 Å². The molecule has 0 radical (unpaired) electrons. The SMILES string of the molecule is CC(C)Cn1nc(-c2ccccc2)cc(N)c1=O. The van der Waals surface area contributed by atoms with Crippen molar-refractivity contribution in [1.29, 1.82) is 0 Å². The van der Waals surface area contributed by atoms with E-state index in [9.17, 15) is 4.79 Å². The average Bonchev–Trinajstić information content (AvgIpc) is 2.35. The van der Waals surface area contributed by atoms with Gasteiger partial charge in [-0.05, 0) is 12.0 Å². The molecule has 1 aromatic heterocycles. The molecule has 18 heavy (non-hydrogen) atoms. The number of nitrogens with two attached hydrogens (primary N) is 1. The van der Waals surface area contributed by atoms with Gasteiger partial charge < -0.3 is 5.73 Å². The molecule has 2 rings (SSSR count). The second-order valence-electron chi connectivity index (χ2n) is 4.73. The zero-order valence-corrected chi connectivity index (χ0v) is 10.6. The number of anilines is 1. The lowest BCUT2D eigenvalue weighted by molar-refractivity contribution is 0.466. The van der Waals surface area contributed by atoms with Gasteiger partial charge in [0.2, 0.25) is 0 Å². The monoisotopic (exact) mass is 243 g/mol. The lowest BCUT2D eigenvalue weighted by Crippen LogP contribution is -2.27. The van der Waals surface area contributed by atoms with E-state index in [-0.39, 0.29) is 11.2 Å². The molecule has 94 valence electrons. The minimum Gasteiger partial charge on any atom is -0.394 e. The first-order valence-corrected chi connectivity index (χ1v) is 6.01. The van der Waals surface area contributed by atoms with E-state index in [0.29, 0.717) is 12.5 Å². The van der Waals surface area contributed by atoms with E-state index < -0.39 is 0 Å². The summed E-state index contributed by atoms with van der Waals surface area (Å²) < 4.78 is 1.45. The van der Waals surface area contributed by atoms with Gasteiger partial charge in [-0.15, -0.1) is 0 Å². The Balaban J connectivity index is 2.51. The molecule has 4 nitrogen and oxygen atoms in total. The van der Waals surface area contributed by atoms with Crippen molar-refractivity contribution in [2.24, 2.45) is 5.92 Å². The molecule has 0 aliphatic heterocycles. The van der Waals surface area contributed by atoms with Crippen molar-refractivity contribution in [2.75, 3.05) is 5.73 Å². The van der Waals surface area contributed by atoms with Crippen LogP contribution in [0.25, 0.3) is 11.3 Å². The lowest BCUT2D eigenvalue weighted by Gasteiger charge is -2.10. The first-order valence-electron chi connectivity index (χ1n) is 6.01. The summed E-state index contributed by atoms with van der Waals surface area (Å²) >= 11 is 0. The van der Waals surface area contributed by atoms with E-state index in [1.54, 1.807) is 6.07 Å². The van der Waals surface area contributed by atoms with Crippen LogP contribution in [0.15, 0.2) is 41.2 Å². The highest BCUT2D eigenvalue weighted by atomic mass is 16.1. The Kier molecular flexibility index (Phi) is 3.46. The third kappa shape index (κ3) is 2.59. The van der Waals surface area contributed by atoms with Gasteiger partial charge in [-0.2, -0.15) is 5.10 Å². The van der Waals surface area contributed by atoms with Crippen LogP contribution in [0.5, 0.6) is 0 Å². The van der Waals surface area contributed by atoms with E-state index in [1.807, 2.05) is 44.2 Å². The van der Waals surface area contributed by atoms with E-state index in [2.05, 4.69) is 5.10 Å². The highest BCUT2D eigenvalue weighted by Crippen LogP contribution is 2.16. The second kappa shape index (κ2) is 5.04. The molecule has 0 bridgehead atoms. The van der Waals surface area contributed by atoms with Gasteiger partial charge in [-0.3, -0.25) is 4.79 Å². The van der Waals surface area contributed by atoms with Crippen molar-refractivity contribution in [3.63, 3.8) is 0 Å². The van der Waals surface area contributed by atoms with Gasteiger partial charge in [-0.1, -0.05) is 44.2 Å². The molecule has 0 unspecified atom stereocenters. The fourth-order valence-electron chi connectivity index (χ4n) is 1.78. The summed E-state index contributed by atoms with van der Waals surface area (Å²) in [5.41, 5.74) is 7.47. The van der Waals surface area contributed by atoms with Crippen LogP contribution in [-0.4, -0.2) is 9.78 Å². The summed E-state index contributed by atoms with van der Waals surface area (Å²) in [4.78, 5) is 11.9. The number of hydrogen-bond donors (Lipinski definition) is 1. The molecule has 0 fully saturated rings. The molecule has 1 aromatic carbocycles. The van der Waals surface area contributed by atoms with Crippen molar-refractivity contribution >= 4 is 5.69 Å². The average molecular weight is 243 g/mol. The van der Waals surface area contributed by atoms with Crippen LogP contribution in [0, 0.1) is 5.92 Å². The number of rotatable bonds is 3. The van der Waals surface area contributed by atoms with Gasteiger partial charge >= 0.3 is 0 Å².